The molecular formula is C14H11BrN2O4. The number of anilines is 2. The van der Waals surface area contributed by atoms with Gasteiger partial charge < -0.3 is 21.3 Å². The zero-order valence-corrected chi connectivity index (χ0v) is 12.2. The van der Waals surface area contributed by atoms with Gasteiger partial charge in [-0.15, -0.1) is 0 Å². The summed E-state index contributed by atoms with van der Waals surface area (Å²) >= 11 is 3.23. The minimum atomic E-state index is -1.26. The zero-order valence-electron chi connectivity index (χ0n) is 10.6. The lowest BCUT2D eigenvalue weighted by Gasteiger charge is -2.10. The number of carboxylic acids is 1. The smallest absolute Gasteiger partial charge is 0.337 e. The number of carbonyl (C=O) groups excluding carboxylic acids is 1. The Morgan fingerprint density at radius 1 is 1.10 bits per heavy atom. The van der Waals surface area contributed by atoms with Gasteiger partial charge in [-0.25, -0.2) is 4.79 Å². The molecule has 2 rings (SSSR count). The van der Waals surface area contributed by atoms with E-state index in [1.54, 1.807) is 12.1 Å². The quantitative estimate of drug-likeness (QED) is 0.502. The third-order valence-corrected chi connectivity index (χ3v) is 3.41. The molecule has 2 aromatic carbocycles. The van der Waals surface area contributed by atoms with Gasteiger partial charge in [0.2, 0.25) is 0 Å². The van der Waals surface area contributed by atoms with Crippen molar-refractivity contribution in [2.24, 2.45) is 0 Å². The summed E-state index contributed by atoms with van der Waals surface area (Å²) < 4.78 is 0.532. The first-order chi connectivity index (χ1) is 9.88. The van der Waals surface area contributed by atoms with Gasteiger partial charge in [0.25, 0.3) is 5.91 Å². The predicted molar refractivity (Wildman–Crippen MR) is 81.6 cm³/mol. The fraction of sp³-hybridized carbons (Fsp3) is 0. The number of carboxylic acid groups (broad SMARTS) is 1. The SMILES string of the molecule is Nc1ccc(Br)c(C(=O)Nc2ccc(O)cc2C(=O)O)c1. The average molecular weight is 351 g/mol. The monoisotopic (exact) mass is 350 g/mol. The number of amides is 1. The van der Waals surface area contributed by atoms with Crippen LogP contribution < -0.4 is 11.1 Å². The van der Waals surface area contributed by atoms with Gasteiger partial charge in [0, 0.05) is 10.2 Å². The van der Waals surface area contributed by atoms with Crippen LogP contribution in [0, 0.1) is 0 Å². The minimum Gasteiger partial charge on any atom is -0.508 e. The van der Waals surface area contributed by atoms with Crippen LogP contribution in [-0.4, -0.2) is 22.1 Å². The topological polar surface area (TPSA) is 113 Å². The predicted octanol–water partition coefficient (Wildman–Crippen LogP) is 2.69. The summed E-state index contributed by atoms with van der Waals surface area (Å²) in [6.45, 7) is 0. The van der Waals surface area contributed by atoms with Crippen LogP contribution >= 0.6 is 15.9 Å². The van der Waals surface area contributed by atoms with Gasteiger partial charge in [-0.1, -0.05) is 0 Å². The first kappa shape index (κ1) is 14.9. The molecule has 5 N–H and O–H groups in total. The molecule has 0 aromatic heterocycles. The van der Waals surface area contributed by atoms with Crippen LogP contribution in [0.25, 0.3) is 0 Å². The highest BCUT2D eigenvalue weighted by Crippen LogP contribution is 2.24. The highest BCUT2D eigenvalue weighted by Gasteiger charge is 2.16. The van der Waals surface area contributed by atoms with E-state index in [1.165, 1.54) is 18.2 Å². The number of carbonyl (C=O) groups is 2. The number of rotatable bonds is 3. The molecule has 0 aliphatic heterocycles. The molecular weight excluding hydrogens is 340 g/mol. The van der Waals surface area contributed by atoms with Crippen molar-refractivity contribution >= 4 is 39.2 Å². The summed E-state index contributed by atoms with van der Waals surface area (Å²) in [6, 6.07) is 8.39. The van der Waals surface area contributed by atoms with Gasteiger partial charge in [-0.2, -0.15) is 0 Å². The summed E-state index contributed by atoms with van der Waals surface area (Å²) in [6.07, 6.45) is 0. The molecule has 6 nitrogen and oxygen atoms in total. The van der Waals surface area contributed by atoms with Gasteiger partial charge in [0.15, 0.2) is 0 Å². The second kappa shape index (κ2) is 5.84. The highest BCUT2D eigenvalue weighted by atomic mass is 79.9. The molecule has 2 aromatic rings. The van der Waals surface area contributed by atoms with Crippen molar-refractivity contribution in [2.75, 3.05) is 11.1 Å². The van der Waals surface area contributed by atoms with Crippen LogP contribution in [0.3, 0.4) is 0 Å². The highest BCUT2D eigenvalue weighted by molar-refractivity contribution is 9.10. The number of phenols is 1. The summed E-state index contributed by atoms with van der Waals surface area (Å²) in [5, 5.41) is 20.9. The fourth-order valence-electron chi connectivity index (χ4n) is 1.72. The summed E-state index contributed by atoms with van der Waals surface area (Å²) in [4.78, 5) is 23.3. The first-order valence-corrected chi connectivity index (χ1v) is 6.60. The van der Waals surface area contributed by atoms with Crippen LogP contribution in [0.2, 0.25) is 0 Å². The number of benzene rings is 2. The third-order valence-electron chi connectivity index (χ3n) is 2.72. The van der Waals surface area contributed by atoms with E-state index in [1.807, 2.05) is 0 Å². The van der Waals surface area contributed by atoms with Crippen molar-refractivity contribution < 1.29 is 19.8 Å². The van der Waals surface area contributed by atoms with Crippen LogP contribution in [0.1, 0.15) is 20.7 Å². The largest absolute Gasteiger partial charge is 0.508 e. The molecule has 0 fully saturated rings. The van der Waals surface area contributed by atoms with Crippen molar-refractivity contribution in [1.82, 2.24) is 0 Å². The number of hydrogen-bond acceptors (Lipinski definition) is 4. The maximum atomic E-state index is 12.2. The number of aromatic carboxylic acids is 1. The molecule has 7 heteroatoms. The molecule has 21 heavy (non-hydrogen) atoms. The van der Waals surface area contributed by atoms with Gasteiger partial charge >= 0.3 is 5.97 Å². The third kappa shape index (κ3) is 3.32. The van der Waals surface area contributed by atoms with E-state index >= 15 is 0 Å². The molecule has 1 amide bonds. The molecule has 0 heterocycles. The maximum absolute atomic E-state index is 12.2. The van der Waals surface area contributed by atoms with Crippen molar-refractivity contribution in [1.29, 1.82) is 0 Å². The fourth-order valence-corrected chi connectivity index (χ4v) is 2.15. The van der Waals surface area contributed by atoms with E-state index < -0.39 is 11.9 Å². The molecule has 0 unspecified atom stereocenters. The van der Waals surface area contributed by atoms with Crippen LogP contribution in [-0.2, 0) is 0 Å². The number of phenolic OH excluding ortho intramolecular Hbond substituents is 1. The van der Waals surface area contributed by atoms with Crippen LogP contribution in [0.5, 0.6) is 5.75 Å². The Hall–Kier alpha value is -2.54. The van der Waals surface area contributed by atoms with Crippen molar-refractivity contribution in [3.63, 3.8) is 0 Å². The first-order valence-electron chi connectivity index (χ1n) is 5.81. The Kier molecular flexibility index (Phi) is 4.13. The van der Waals surface area contributed by atoms with Gasteiger partial charge in [-0.05, 0) is 52.3 Å². The van der Waals surface area contributed by atoms with Crippen molar-refractivity contribution in [3.8, 4) is 5.75 Å². The number of nitrogens with two attached hydrogens (primary N) is 1. The Morgan fingerprint density at radius 2 is 1.81 bits per heavy atom. The molecule has 0 bridgehead atoms. The number of nitrogens with one attached hydrogen (secondary N) is 1. The molecule has 108 valence electrons. The van der Waals surface area contributed by atoms with Crippen LogP contribution in [0.4, 0.5) is 11.4 Å². The summed E-state index contributed by atoms with van der Waals surface area (Å²) in [7, 11) is 0. The Balaban J connectivity index is 2.36. The molecule has 0 saturated heterocycles. The number of aromatic hydroxyl groups is 1. The maximum Gasteiger partial charge on any atom is 0.337 e. The van der Waals surface area contributed by atoms with Gasteiger partial charge in [0.05, 0.1) is 16.8 Å². The average Bonchev–Trinajstić information content (AvgIpc) is 2.43. The molecule has 0 atom stereocenters. The molecule has 0 radical (unpaired) electrons. The Morgan fingerprint density at radius 3 is 2.48 bits per heavy atom. The minimum absolute atomic E-state index is 0.0830. The molecule has 0 aliphatic carbocycles. The lowest BCUT2D eigenvalue weighted by molar-refractivity contribution is 0.0697. The lowest BCUT2D eigenvalue weighted by Crippen LogP contribution is -2.15. The Labute approximate surface area is 128 Å². The normalized spacial score (nSPS) is 10.1. The van der Waals surface area contributed by atoms with Crippen LogP contribution in [0.15, 0.2) is 40.9 Å². The summed E-state index contributed by atoms with van der Waals surface area (Å²) in [5.41, 5.74) is 6.19. The van der Waals surface area contributed by atoms with Gasteiger partial charge in [0.1, 0.15) is 5.75 Å². The summed E-state index contributed by atoms with van der Waals surface area (Å²) in [5.74, 6) is -1.97. The van der Waals surface area contributed by atoms with E-state index in [9.17, 15) is 14.7 Å². The lowest BCUT2D eigenvalue weighted by atomic mass is 10.1. The number of halogens is 1. The second-order valence-corrected chi connectivity index (χ2v) is 5.08. The Bertz CT molecular complexity index is 731. The zero-order chi connectivity index (χ0) is 15.6. The van der Waals surface area contributed by atoms with E-state index in [4.69, 9.17) is 10.8 Å². The molecule has 0 saturated carbocycles. The molecule has 0 aliphatic rings. The van der Waals surface area contributed by atoms with Crippen molar-refractivity contribution in [2.45, 2.75) is 0 Å². The van der Waals surface area contributed by atoms with E-state index in [0.717, 1.165) is 6.07 Å². The van der Waals surface area contributed by atoms with Gasteiger partial charge in [-0.3, -0.25) is 4.79 Å². The second-order valence-electron chi connectivity index (χ2n) is 4.23. The number of hydrogen-bond donors (Lipinski definition) is 4. The molecule has 0 spiro atoms. The van der Waals surface area contributed by atoms with E-state index in [0.29, 0.717) is 10.2 Å². The van der Waals surface area contributed by atoms with E-state index in [2.05, 4.69) is 21.2 Å². The number of nitrogen functional groups attached to an aromatic ring is 1. The van der Waals surface area contributed by atoms with E-state index in [-0.39, 0.29) is 22.6 Å². The van der Waals surface area contributed by atoms with Crippen molar-refractivity contribution in [3.05, 3.63) is 52.0 Å². The standard InChI is InChI=1S/C14H11BrN2O4/c15-11-3-1-7(16)5-9(11)13(19)17-12-4-2-8(18)6-10(12)14(20)21/h1-6,18H,16H2,(H,17,19)(H,20,21).